The largest absolute Gasteiger partial charge is 0.378 e. The summed E-state index contributed by atoms with van der Waals surface area (Å²) in [5.74, 6) is -0.177. The summed E-state index contributed by atoms with van der Waals surface area (Å²) in [5.41, 5.74) is 1.46. The molecule has 0 saturated carbocycles. The number of nitrogens with zero attached hydrogens (tertiary/aromatic N) is 1. The maximum absolute atomic E-state index is 12.5. The van der Waals surface area contributed by atoms with E-state index in [1.807, 2.05) is 0 Å². The van der Waals surface area contributed by atoms with E-state index < -0.39 is 0 Å². The van der Waals surface area contributed by atoms with Crippen LogP contribution in [0.15, 0.2) is 23.1 Å². The fraction of sp³-hybridized carbons (Fsp3) is 0.438. The number of fused-ring (bicyclic) bond motifs is 1. The molecule has 2 atom stereocenters. The predicted octanol–water partition coefficient (Wildman–Crippen LogP) is 1.57. The number of aromatic nitrogens is 2. The monoisotopic (exact) mass is 301 g/mol. The maximum Gasteiger partial charge on any atom is 0.270 e. The molecule has 0 aromatic carbocycles. The van der Waals surface area contributed by atoms with Crippen molar-refractivity contribution < 1.29 is 9.53 Å². The molecule has 0 aliphatic carbocycles. The quantitative estimate of drug-likeness (QED) is 0.881. The smallest absolute Gasteiger partial charge is 0.270 e. The van der Waals surface area contributed by atoms with Crippen molar-refractivity contribution in [2.24, 2.45) is 0 Å². The second kappa shape index (κ2) is 5.88. The van der Waals surface area contributed by atoms with Crippen LogP contribution in [-0.4, -0.2) is 35.6 Å². The van der Waals surface area contributed by atoms with Gasteiger partial charge in [-0.15, -0.1) is 0 Å². The number of hydrogen-bond donors (Lipinski definition) is 2. The molecule has 2 unspecified atom stereocenters. The van der Waals surface area contributed by atoms with Gasteiger partial charge in [0.25, 0.3) is 5.91 Å². The molecule has 1 fully saturated rings. The van der Waals surface area contributed by atoms with E-state index in [1.54, 1.807) is 12.1 Å². The fourth-order valence-electron chi connectivity index (χ4n) is 2.86. The van der Waals surface area contributed by atoms with E-state index in [0.29, 0.717) is 17.5 Å². The van der Waals surface area contributed by atoms with Crippen LogP contribution in [0.2, 0.25) is 0 Å². The van der Waals surface area contributed by atoms with Crippen molar-refractivity contribution in [3.8, 4) is 0 Å². The van der Waals surface area contributed by atoms with Gasteiger partial charge < -0.3 is 15.0 Å². The molecular formula is C16H19N3O3. The van der Waals surface area contributed by atoms with Gasteiger partial charge in [-0.2, -0.15) is 0 Å². The summed E-state index contributed by atoms with van der Waals surface area (Å²) in [6.45, 7) is 2.66. The molecule has 2 aromatic rings. The minimum atomic E-state index is -0.362. The van der Waals surface area contributed by atoms with Crippen molar-refractivity contribution in [3.05, 3.63) is 39.9 Å². The molecule has 3 rings (SSSR count). The third-order valence-corrected chi connectivity index (χ3v) is 4.15. The summed E-state index contributed by atoms with van der Waals surface area (Å²) in [6.07, 6.45) is 3.76. The molecule has 6 nitrogen and oxygen atoms in total. The summed E-state index contributed by atoms with van der Waals surface area (Å²) >= 11 is 0. The number of hydrogen-bond acceptors (Lipinski definition) is 4. The Bertz CT molecular complexity index is 761. The van der Waals surface area contributed by atoms with Gasteiger partial charge >= 0.3 is 0 Å². The highest BCUT2D eigenvalue weighted by Crippen LogP contribution is 2.27. The molecule has 1 aliphatic heterocycles. The van der Waals surface area contributed by atoms with Gasteiger partial charge in [0.1, 0.15) is 5.69 Å². The summed E-state index contributed by atoms with van der Waals surface area (Å²) < 4.78 is 5.68. The third-order valence-electron chi connectivity index (χ3n) is 4.15. The van der Waals surface area contributed by atoms with E-state index >= 15 is 0 Å². The number of nitrogens with one attached hydrogen (secondary N) is 2. The Labute approximate surface area is 127 Å². The number of aromatic amines is 1. The number of pyridine rings is 2. The summed E-state index contributed by atoms with van der Waals surface area (Å²) in [7, 11) is 1.52. The lowest BCUT2D eigenvalue weighted by molar-refractivity contribution is 0.0147. The Morgan fingerprint density at radius 2 is 2.27 bits per heavy atom. The van der Waals surface area contributed by atoms with Crippen LogP contribution in [0.25, 0.3) is 10.9 Å². The second-order valence-corrected chi connectivity index (χ2v) is 5.67. The maximum atomic E-state index is 12.5. The Morgan fingerprint density at radius 3 is 2.95 bits per heavy atom. The lowest BCUT2D eigenvalue weighted by Gasteiger charge is -2.27. The molecule has 1 saturated heterocycles. The highest BCUT2D eigenvalue weighted by Gasteiger charge is 2.22. The van der Waals surface area contributed by atoms with Crippen molar-refractivity contribution in [1.29, 1.82) is 0 Å². The van der Waals surface area contributed by atoms with Gasteiger partial charge in [-0.1, -0.05) is 0 Å². The number of amides is 1. The van der Waals surface area contributed by atoms with Crippen molar-refractivity contribution in [1.82, 2.24) is 15.3 Å². The van der Waals surface area contributed by atoms with E-state index in [1.165, 1.54) is 13.2 Å². The van der Waals surface area contributed by atoms with E-state index in [2.05, 4.69) is 22.2 Å². The molecular weight excluding hydrogens is 282 g/mol. The number of carbonyl (C=O) groups excluding carboxylic acids is 1. The van der Waals surface area contributed by atoms with Gasteiger partial charge in [-0.25, -0.2) is 0 Å². The first-order valence-electron chi connectivity index (χ1n) is 7.45. The van der Waals surface area contributed by atoms with E-state index in [9.17, 15) is 9.59 Å². The van der Waals surface area contributed by atoms with Crippen LogP contribution >= 0.6 is 0 Å². The normalized spacial score (nSPS) is 21.7. The zero-order valence-corrected chi connectivity index (χ0v) is 12.7. The lowest BCUT2D eigenvalue weighted by atomic mass is 9.95. The van der Waals surface area contributed by atoms with E-state index in [-0.39, 0.29) is 29.1 Å². The van der Waals surface area contributed by atoms with Crippen LogP contribution < -0.4 is 10.7 Å². The zero-order chi connectivity index (χ0) is 15.7. The zero-order valence-electron chi connectivity index (χ0n) is 12.7. The molecule has 6 heteroatoms. The molecule has 0 bridgehead atoms. The highest BCUT2D eigenvalue weighted by molar-refractivity contribution is 6.04. The lowest BCUT2D eigenvalue weighted by Crippen LogP contribution is -2.25. The number of ether oxygens (including phenoxy) is 1. The molecule has 0 radical (unpaired) electrons. The summed E-state index contributed by atoms with van der Waals surface area (Å²) in [4.78, 5) is 31.6. The molecule has 1 aliphatic rings. The Morgan fingerprint density at radius 1 is 1.45 bits per heavy atom. The van der Waals surface area contributed by atoms with Crippen molar-refractivity contribution >= 4 is 16.8 Å². The van der Waals surface area contributed by atoms with Crippen LogP contribution in [0.3, 0.4) is 0 Å². The standard InChI is InChI=1S/C16H19N3O3/c1-9-3-4-10(8-22-9)12-7-13(20)14-11(19-12)5-6-18-15(14)16(21)17-2/h5-7,9-10H,3-4,8H2,1-2H3,(H,17,21)(H,19,20). The average molecular weight is 301 g/mol. The minimum absolute atomic E-state index is 0.154. The Hall–Kier alpha value is -2.21. The third kappa shape index (κ3) is 2.62. The SMILES string of the molecule is CNC(=O)c1nccc2[nH]c(C3CCC(C)OC3)cc(=O)c12. The topological polar surface area (TPSA) is 84.1 Å². The predicted molar refractivity (Wildman–Crippen MR) is 83.1 cm³/mol. The first-order valence-corrected chi connectivity index (χ1v) is 7.45. The molecule has 3 heterocycles. The molecule has 2 aromatic heterocycles. The molecule has 0 spiro atoms. The fourth-order valence-corrected chi connectivity index (χ4v) is 2.86. The van der Waals surface area contributed by atoms with Crippen LogP contribution in [0.4, 0.5) is 0 Å². The molecule has 116 valence electrons. The number of carbonyl (C=O) groups is 1. The minimum Gasteiger partial charge on any atom is -0.378 e. The van der Waals surface area contributed by atoms with Crippen molar-refractivity contribution in [2.75, 3.05) is 13.7 Å². The van der Waals surface area contributed by atoms with E-state index in [0.717, 1.165) is 18.5 Å². The van der Waals surface area contributed by atoms with Crippen LogP contribution in [0.5, 0.6) is 0 Å². The van der Waals surface area contributed by atoms with Gasteiger partial charge in [-0.05, 0) is 25.8 Å². The number of rotatable bonds is 2. The van der Waals surface area contributed by atoms with Crippen LogP contribution in [0.1, 0.15) is 41.9 Å². The van der Waals surface area contributed by atoms with Gasteiger partial charge in [0.15, 0.2) is 5.43 Å². The molecule has 22 heavy (non-hydrogen) atoms. The van der Waals surface area contributed by atoms with E-state index in [4.69, 9.17) is 4.74 Å². The van der Waals surface area contributed by atoms with Crippen LogP contribution in [-0.2, 0) is 4.74 Å². The van der Waals surface area contributed by atoms with Gasteiger partial charge in [-0.3, -0.25) is 14.6 Å². The highest BCUT2D eigenvalue weighted by atomic mass is 16.5. The first-order chi connectivity index (χ1) is 10.6. The van der Waals surface area contributed by atoms with Crippen molar-refractivity contribution in [3.63, 3.8) is 0 Å². The Balaban J connectivity index is 2.06. The average Bonchev–Trinajstić information content (AvgIpc) is 2.54. The van der Waals surface area contributed by atoms with Crippen LogP contribution in [0, 0.1) is 0 Å². The second-order valence-electron chi connectivity index (χ2n) is 5.67. The molecule has 1 amide bonds. The number of H-pyrrole nitrogens is 1. The summed E-state index contributed by atoms with van der Waals surface area (Å²) in [6, 6.07) is 3.29. The Kier molecular flexibility index (Phi) is 3.94. The van der Waals surface area contributed by atoms with Gasteiger partial charge in [0, 0.05) is 30.9 Å². The van der Waals surface area contributed by atoms with Gasteiger partial charge in [0.05, 0.1) is 23.6 Å². The summed E-state index contributed by atoms with van der Waals surface area (Å²) in [5, 5.41) is 2.84. The first kappa shape index (κ1) is 14.7. The molecule has 2 N–H and O–H groups in total. The van der Waals surface area contributed by atoms with Crippen molar-refractivity contribution in [2.45, 2.75) is 31.8 Å². The van der Waals surface area contributed by atoms with Gasteiger partial charge in [0.2, 0.25) is 0 Å².